The van der Waals surface area contributed by atoms with Crippen LogP contribution in [0.1, 0.15) is 0 Å². The molecule has 2 aromatic carbocycles. The lowest BCUT2D eigenvalue weighted by Crippen LogP contribution is -2.39. The van der Waals surface area contributed by atoms with Gasteiger partial charge >= 0.3 is 6.03 Å². The van der Waals surface area contributed by atoms with Gasteiger partial charge in [0.2, 0.25) is 5.13 Å². The number of thiazole rings is 1. The number of fused-ring (bicyclic) bond motifs is 1. The van der Waals surface area contributed by atoms with E-state index in [1.807, 2.05) is 0 Å². The molecule has 0 aliphatic rings. The highest BCUT2D eigenvalue weighted by Crippen LogP contribution is 2.38. The van der Waals surface area contributed by atoms with Crippen LogP contribution in [0.25, 0.3) is 10.2 Å². The molecule has 194 valence electrons. The van der Waals surface area contributed by atoms with Crippen molar-refractivity contribution in [1.29, 1.82) is 0 Å². The Hall–Kier alpha value is -4.72. The average Bonchev–Trinajstić information content (AvgIpc) is 3.32. The Bertz CT molecular complexity index is 1750. The number of halogens is 2. The molecule has 0 saturated carbocycles. The van der Waals surface area contributed by atoms with E-state index in [9.17, 15) is 25.0 Å². The summed E-state index contributed by atoms with van der Waals surface area (Å²) in [6, 6.07) is 18.0. The summed E-state index contributed by atoms with van der Waals surface area (Å²) in [5.74, 6) is 0.222. The quantitative estimate of drug-likeness (QED) is 0.115. The van der Waals surface area contributed by atoms with Crippen LogP contribution in [0.4, 0.5) is 38.6 Å². The summed E-state index contributed by atoms with van der Waals surface area (Å²) in [5, 5.41) is 22.8. The van der Waals surface area contributed by atoms with Crippen LogP contribution in [-0.4, -0.2) is 30.8 Å². The Morgan fingerprint density at radius 2 is 1.31 bits per heavy atom. The summed E-state index contributed by atoms with van der Waals surface area (Å²) in [6.45, 7) is 0. The van der Waals surface area contributed by atoms with Gasteiger partial charge < -0.3 is 0 Å². The van der Waals surface area contributed by atoms with Gasteiger partial charge in [-0.25, -0.2) is 29.5 Å². The number of hydrogen-bond donors (Lipinski definition) is 0. The molecule has 0 radical (unpaired) electrons. The van der Waals surface area contributed by atoms with Crippen LogP contribution < -0.4 is 9.80 Å². The molecule has 0 saturated heterocycles. The van der Waals surface area contributed by atoms with E-state index in [1.54, 1.807) is 12.1 Å². The first-order valence-electron chi connectivity index (χ1n) is 10.9. The predicted molar refractivity (Wildman–Crippen MR) is 148 cm³/mol. The van der Waals surface area contributed by atoms with E-state index in [0.717, 1.165) is 11.3 Å². The molecule has 3 heterocycles. The number of nitro benzene ring substituents is 2. The second-order valence-corrected chi connectivity index (χ2v) is 9.55. The Morgan fingerprint density at radius 3 is 1.87 bits per heavy atom. The first-order chi connectivity index (χ1) is 18.7. The SMILES string of the molecule is O=C(N(c1ccc([N+](=O)[O-])cc1)c1cccc(Cl)n1)N(c1cccc(Cl)n1)c1nc2ccc([N+](=O)[O-])cc2s1. The molecule has 0 N–H and O–H groups in total. The third-order valence-electron chi connectivity index (χ3n) is 5.32. The normalized spacial score (nSPS) is 10.8. The van der Waals surface area contributed by atoms with Crippen molar-refractivity contribution < 1.29 is 14.6 Å². The molecular formula is C24H13Cl2N7O5S. The highest BCUT2D eigenvalue weighted by atomic mass is 35.5. The van der Waals surface area contributed by atoms with Crippen molar-refractivity contribution in [2.75, 3.05) is 9.80 Å². The zero-order chi connectivity index (χ0) is 27.7. The van der Waals surface area contributed by atoms with Crippen molar-refractivity contribution in [2.24, 2.45) is 0 Å². The van der Waals surface area contributed by atoms with Crippen molar-refractivity contribution in [3.05, 3.63) is 109 Å². The van der Waals surface area contributed by atoms with Gasteiger partial charge in [0.15, 0.2) is 0 Å². The lowest BCUT2D eigenvalue weighted by Gasteiger charge is -2.28. The number of carbonyl (C=O) groups excluding carboxylic acids is 1. The van der Waals surface area contributed by atoms with Crippen molar-refractivity contribution in [3.63, 3.8) is 0 Å². The molecular weight excluding hydrogens is 569 g/mol. The molecule has 0 spiro atoms. The van der Waals surface area contributed by atoms with Crippen LogP contribution in [-0.2, 0) is 0 Å². The number of carbonyl (C=O) groups is 1. The van der Waals surface area contributed by atoms with E-state index >= 15 is 0 Å². The topological polar surface area (TPSA) is 148 Å². The fourth-order valence-corrected chi connectivity index (χ4v) is 4.92. The summed E-state index contributed by atoms with van der Waals surface area (Å²) in [6.07, 6.45) is 0. The molecule has 0 aliphatic carbocycles. The van der Waals surface area contributed by atoms with E-state index in [1.165, 1.54) is 76.5 Å². The molecule has 0 bridgehead atoms. The lowest BCUT2D eigenvalue weighted by molar-refractivity contribution is -0.385. The minimum atomic E-state index is -0.720. The van der Waals surface area contributed by atoms with Crippen molar-refractivity contribution in [3.8, 4) is 0 Å². The zero-order valence-electron chi connectivity index (χ0n) is 19.3. The fourth-order valence-electron chi connectivity index (χ4n) is 3.60. The maximum absolute atomic E-state index is 14.3. The number of anilines is 4. The first kappa shape index (κ1) is 25.9. The van der Waals surface area contributed by atoms with Crippen molar-refractivity contribution >= 4 is 84.6 Å². The Morgan fingerprint density at radius 1 is 0.744 bits per heavy atom. The minimum Gasteiger partial charge on any atom is -0.258 e. The predicted octanol–water partition coefficient (Wildman–Crippen LogP) is 7.31. The standard InChI is InChI=1S/C24H13Cl2N7O5S/c25-19-3-1-5-21(28-19)30(14-7-9-15(10-8-14)32(35)36)24(34)31(22-6-2-4-20(26)29-22)23-27-17-12-11-16(33(37)38)13-18(17)39-23/h1-13H. The van der Waals surface area contributed by atoms with E-state index in [2.05, 4.69) is 15.0 Å². The molecule has 15 heteroatoms. The van der Waals surface area contributed by atoms with Crippen LogP contribution in [0, 0.1) is 20.2 Å². The number of amides is 2. The monoisotopic (exact) mass is 581 g/mol. The molecule has 3 aromatic heterocycles. The maximum atomic E-state index is 14.3. The molecule has 2 amide bonds. The molecule has 5 rings (SSSR count). The maximum Gasteiger partial charge on any atom is 0.342 e. The van der Waals surface area contributed by atoms with E-state index in [0.29, 0.717) is 10.2 Å². The van der Waals surface area contributed by atoms with E-state index in [4.69, 9.17) is 23.2 Å². The second-order valence-electron chi connectivity index (χ2n) is 7.77. The number of pyridine rings is 2. The lowest BCUT2D eigenvalue weighted by atomic mass is 10.2. The summed E-state index contributed by atoms with van der Waals surface area (Å²) in [4.78, 5) is 51.2. The summed E-state index contributed by atoms with van der Waals surface area (Å²) >= 11 is 13.3. The number of nitro groups is 2. The summed E-state index contributed by atoms with van der Waals surface area (Å²) in [7, 11) is 0. The van der Waals surface area contributed by atoms with Gasteiger partial charge in [0, 0.05) is 24.3 Å². The third kappa shape index (κ3) is 5.31. The smallest absolute Gasteiger partial charge is 0.258 e. The number of urea groups is 1. The second kappa shape index (κ2) is 10.6. The van der Waals surface area contributed by atoms with Crippen LogP contribution in [0.3, 0.4) is 0 Å². The fraction of sp³-hybridized carbons (Fsp3) is 0. The molecule has 5 aromatic rings. The van der Waals surface area contributed by atoms with Gasteiger partial charge in [0.25, 0.3) is 11.4 Å². The van der Waals surface area contributed by atoms with Gasteiger partial charge in [-0.2, -0.15) is 0 Å². The zero-order valence-corrected chi connectivity index (χ0v) is 21.7. The molecule has 0 atom stereocenters. The number of benzene rings is 2. The van der Waals surface area contributed by atoms with Crippen molar-refractivity contribution in [2.45, 2.75) is 0 Å². The molecule has 39 heavy (non-hydrogen) atoms. The van der Waals surface area contributed by atoms with Crippen LogP contribution in [0.5, 0.6) is 0 Å². The van der Waals surface area contributed by atoms with Crippen LogP contribution >= 0.6 is 34.5 Å². The van der Waals surface area contributed by atoms with Gasteiger partial charge in [0.1, 0.15) is 21.9 Å². The van der Waals surface area contributed by atoms with E-state index < -0.39 is 15.9 Å². The number of rotatable bonds is 6. The highest BCUT2D eigenvalue weighted by molar-refractivity contribution is 7.22. The van der Waals surface area contributed by atoms with Gasteiger partial charge in [-0.15, -0.1) is 0 Å². The first-order valence-corrected chi connectivity index (χ1v) is 12.5. The summed E-state index contributed by atoms with van der Waals surface area (Å²) < 4.78 is 0.460. The van der Waals surface area contributed by atoms with Crippen LogP contribution in [0.15, 0.2) is 78.9 Å². The number of nitrogens with zero attached hydrogens (tertiary/aromatic N) is 7. The molecule has 12 nitrogen and oxygen atoms in total. The number of aromatic nitrogens is 3. The summed E-state index contributed by atoms with van der Waals surface area (Å²) in [5.41, 5.74) is 0.353. The third-order valence-corrected chi connectivity index (χ3v) is 6.75. The number of hydrogen-bond acceptors (Lipinski definition) is 9. The minimum absolute atomic E-state index is 0.102. The molecule has 0 fully saturated rings. The highest BCUT2D eigenvalue weighted by Gasteiger charge is 2.31. The number of non-ortho nitro benzene ring substituents is 2. The Kier molecular flexibility index (Phi) is 7.02. The van der Waals surface area contributed by atoms with Gasteiger partial charge in [0.05, 0.1) is 25.8 Å². The van der Waals surface area contributed by atoms with E-state index in [-0.39, 0.29) is 44.1 Å². The molecule has 0 unspecified atom stereocenters. The van der Waals surface area contributed by atoms with Gasteiger partial charge in [-0.1, -0.05) is 46.7 Å². The Balaban J connectivity index is 1.69. The van der Waals surface area contributed by atoms with Crippen LogP contribution in [0.2, 0.25) is 10.3 Å². The van der Waals surface area contributed by atoms with Gasteiger partial charge in [-0.05, 0) is 42.5 Å². The molecule has 0 aliphatic heterocycles. The largest absolute Gasteiger partial charge is 0.342 e. The van der Waals surface area contributed by atoms with Crippen molar-refractivity contribution in [1.82, 2.24) is 15.0 Å². The Labute approximate surface area is 233 Å². The van der Waals surface area contributed by atoms with Gasteiger partial charge in [-0.3, -0.25) is 20.2 Å². The average molecular weight is 582 g/mol.